The summed E-state index contributed by atoms with van der Waals surface area (Å²) in [5.74, 6) is 0. The van der Waals surface area contributed by atoms with Gasteiger partial charge in [-0.15, -0.1) is 0 Å². The zero-order valence-corrected chi connectivity index (χ0v) is 46.2. The van der Waals surface area contributed by atoms with E-state index in [1.165, 1.54) is 58.9 Å². The summed E-state index contributed by atoms with van der Waals surface area (Å²) in [4.78, 5) is 19.6. The number of hydrogen-bond acceptors (Lipinski definition) is 11. The van der Waals surface area contributed by atoms with Gasteiger partial charge in [-0.1, -0.05) is 119 Å². The van der Waals surface area contributed by atoms with E-state index in [0.29, 0.717) is 54.1 Å². The smallest absolute Gasteiger partial charge is 0.269 e. The van der Waals surface area contributed by atoms with Crippen LogP contribution in [0.4, 0.5) is 0 Å². The summed E-state index contributed by atoms with van der Waals surface area (Å²) in [6.07, 6.45) is 10.1. The Bertz CT molecular complexity index is 3560. The number of carbonyl (C=O) groups excluding carboxylic acids is 1. The van der Waals surface area contributed by atoms with E-state index >= 15 is 0 Å². The molecule has 2 fully saturated rings. The highest BCUT2D eigenvalue weighted by Crippen LogP contribution is 2.56. The van der Waals surface area contributed by atoms with Crippen LogP contribution in [0.5, 0.6) is 0 Å². The molecule has 0 radical (unpaired) electrons. The van der Waals surface area contributed by atoms with Gasteiger partial charge in [-0.05, 0) is 92.7 Å². The van der Waals surface area contributed by atoms with Crippen molar-refractivity contribution in [1.82, 2.24) is 17.9 Å². The first-order valence-corrected chi connectivity index (χ1v) is 29.0. The summed E-state index contributed by atoms with van der Waals surface area (Å²) in [6.45, 7) is 6.26. The number of pyridine rings is 2. The van der Waals surface area contributed by atoms with Crippen LogP contribution < -0.4 is 32.9 Å². The van der Waals surface area contributed by atoms with E-state index in [1.807, 2.05) is 13.8 Å². The van der Waals surface area contributed by atoms with Gasteiger partial charge in [-0.25, -0.2) is 34.7 Å². The van der Waals surface area contributed by atoms with Crippen LogP contribution in [-0.4, -0.2) is 86.2 Å². The number of aryl methyl sites for hydroxylation is 2. The lowest BCUT2D eigenvalue weighted by Gasteiger charge is -2.29. The van der Waals surface area contributed by atoms with Crippen molar-refractivity contribution in [3.05, 3.63) is 215 Å². The summed E-state index contributed by atoms with van der Waals surface area (Å²) < 4.78 is 76.0. The highest BCUT2D eigenvalue weighted by Gasteiger charge is 2.48. The molecule has 2 aliphatic heterocycles. The lowest BCUT2D eigenvalue weighted by Crippen LogP contribution is -3.00. The molecule has 9 aromatic rings. The number of ether oxygens (including phenoxy) is 4. The molecule has 0 aliphatic carbocycles. The number of aldehydes is 1. The average molecular weight is 1170 g/mol. The van der Waals surface area contributed by atoms with Crippen LogP contribution >= 0.6 is 30.5 Å². The second kappa shape index (κ2) is 24.4. The van der Waals surface area contributed by atoms with Gasteiger partial charge in [0.2, 0.25) is 0 Å². The zero-order chi connectivity index (χ0) is 51.9. The molecule has 5 aromatic carbocycles. The predicted molar refractivity (Wildman–Crippen MR) is 293 cm³/mol. The number of hydrogen-bond donors (Lipinski definition) is 0. The van der Waals surface area contributed by atoms with Gasteiger partial charge in [0.25, 0.3) is 20.0 Å². The SMILES string of the molecule is Cc1ccc(S(=O)(=O)n2ccc3c(Cl)c(C=CC4OCCO4)cnc32)cc1.Cc1ccc(S(=O)(=O)n2ccc3c(Cl)c(C=O)cnc32)cc1.[Br-].c1ccc([P+](CC2OCCO2)(c2ccccc2)c2ccccc2)cc1. The molecule has 6 heterocycles. The highest BCUT2D eigenvalue weighted by molar-refractivity contribution is 7.95. The molecular formula is C56H50BrCl2N4O9PS2. The Morgan fingerprint density at radius 1 is 0.560 bits per heavy atom. The highest BCUT2D eigenvalue weighted by atomic mass is 79.9. The molecule has 13 nitrogen and oxygen atoms in total. The van der Waals surface area contributed by atoms with E-state index in [-0.39, 0.29) is 54.9 Å². The van der Waals surface area contributed by atoms with Crippen LogP contribution in [0.3, 0.4) is 0 Å². The van der Waals surface area contributed by atoms with Crippen LogP contribution in [0, 0.1) is 13.8 Å². The van der Waals surface area contributed by atoms with Crippen LogP contribution in [0.1, 0.15) is 27.0 Å². The minimum atomic E-state index is -3.77. The normalized spacial score (nSPS) is 14.3. The molecule has 0 unspecified atom stereocenters. The summed E-state index contributed by atoms with van der Waals surface area (Å²) in [7, 11) is -9.38. The molecule has 0 atom stereocenters. The molecule has 2 saturated heterocycles. The van der Waals surface area contributed by atoms with E-state index in [9.17, 15) is 21.6 Å². The number of aromatic nitrogens is 4. The van der Waals surface area contributed by atoms with Crippen molar-refractivity contribution in [2.24, 2.45) is 0 Å². The second-order valence-corrected chi connectivity index (χ2v) is 25.1. The van der Waals surface area contributed by atoms with Crippen molar-refractivity contribution >= 4 is 101 Å². The molecule has 75 heavy (non-hydrogen) atoms. The van der Waals surface area contributed by atoms with Crippen LogP contribution in [-0.2, 0) is 39.0 Å². The third-order valence-electron chi connectivity index (χ3n) is 12.4. The van der Waals surface area contributed by atoms with Gasteiger partial charge in [0, 0.05) is 41.1 Å². The predicted octanol–water partition coefficient (Wildman–Crippen LogP) is 7.03. The van der Waals surface area contributed by atoms with Gasteiger partial charge in [-0.2, -0.15) is 0 Å². The Hall–Kier alpha value is -5.88. The fourth-order valence-electron chi connectivity index (χ4n) is 8.54. The Labute approximate surface area is 456 Å². The molecule has 386 valence electrons. The van der Waals surface area contributed by atoms with E-state index in [4.69, 9.17) is 42.1 Å². The molecule has 11 rings (SSSR count). The van der Waals surface area contributed by atoms with Gasteiger partial charge in [-0.3, -0.25) is 4.79 Å². The maximum Gasteiger partial charge on any atom is 0.269 e. The molecule has 0 amide bonds. The molecule has 2 aliphatic rings. The van der Waals surface area contributed by atoms with E-state index in [1.54, 1.807) is 54.6 Å². The first-order chi connectivity index (χ1) is 35.8. The number of nitrogens with zero attached hydrogens (tertiary/aromatic N) is 4. The third kappa shape index (κ3) is 11.9. The van der Waals surface area contributed by atoms with Gasteiger partial charge in [0.05, 0.1) is 51.8 Å². The van der Waals surface area contributed by atoms with Crippen molar-refractivity contribution in [3.8, 4) is 0 Å². The first kappa shape index (κ1) is 55.4. The monoisotopic (exact) mass is 1170 g/mol. The second-order valence-electron chi connectivity index (χ2n) is 17.1. The largest absolute Gasteiger partial charge is 1.00 e. The van der Waals surface area contributed by atoms with Crippen LogP contribution in [0.25, 0.3) is 28.1 Å². The van der Waals surface area contributed by atoms with Crippen LogP contribution in [0.2, 0.25) is 10.0 Å². The molecule has 0 N–H and O–H groups in total. The van der Waals surface area contributed by atoms with Gasteiger partial charge in [0.1, 0.15) is 29.3 Å². The van der Waals surface area contributed by atoms with Gasteiger partial charge < -0.3 is 35.9 Å². The summed E-state index contributed by atoms with van der Waals surface area (Å²) in [5.41, 5.74) is 3.31. The molecule has 0 saturated carbocycles. The average Bonchev–Trinajstić information content (AvgIpc) is 4.29. The fourth-order valence-corrected chi connectivity index (χ4v) is 15.9. The Balaban J connectivity index is 0.000000149. The Morgan fingerprint density at radius 3 is 1.36 bits per heavy atom. The summed E-state index contributed by atoms with van der Waals surface area (Å²) in [5, 5.41) is 5.69. The van der Waals surface area contributed by atoms with Crippen LogP contribution in [0.15, 0.2) is 192 Å². The van der Waals surface area contributed by atoms with Crippen molar-refractivity contribution < 1.29 is 57.6 Å². The van der Waals surface area contributed by atoms with Crippen molar-refractivity contribution in [3.63, 3.8) is 0 Å². The molecule has 0 spiro atoms. The molecular weight excluding hydrogens is 1120 g/mol. The molecule has 0 bridgehead atoms. The lowest BCUT2D eigenvalue weighted by molar-refractivity contribution is -0.0223. The van der Waals surface area contributed by atoms with Gasteiger partial charge in [0.15, 0.2) is 30.2 Å². The van der Waals surface area contributed by atoms with Gasteiger partial charge >= 0.3 is 0 Å². The van der Waals surface area contributed by atoms with Crippen molar-refractivity contribution in [2.75, 3.05) is 32.6 Å². The Kier molecular flexibility index (Phi) is 18.0. The fraction of sp³-hybridized carbons (Fsp3) is 0.161. The number of rotatable bonds is 12. The van der Waals surface area contributed by atoms with E-state index in [0.717, 1.165) is 25.2 Å². The standard InChI is InChI=1S/C22H22O2P.C19H17ClN2O4S.C15H11ClN2O3S.BrH/c1-4-10-19(11-5-1)25(18-22-23-16-17-24-22,20-12-6-2-7-13-20)21-14-8-3-9-15-21;1-13-2-5-15(6-3-13)27(23,24)22-9-8-16-18(20)14(12-21-19(16)22)4-7-17-25-10-11-26-17;1-10-2-4-12(5-3-10)22(20,21)18-7-6-13-14(16)11(9-19)8-17-15(13)18;/h1-15,22H,16-18H2;2-9,12,17H,10-11H2,1H3;2-9H,1H3;1H/q+1;;;/p-1. The number of carbonyl (C=O) groups is 1. The first-order valence-electron chi connectivity index (χ1n) is 23.4. The van der Waals surface area contributed by atoms with E-state index in [2.05, 4.69) is 101 Å². The topological polar surface area (TPSA) is 158 Å². The quantitative estimate of drug-likeness (QED) is 0.0915. The number of fused-ring (bicyclic) bond motifs is 2. The maximum atomic E-state index is 12.9. The summed E-state index contributed by atoms with van der Waals surface area (Å²) in [6, 6.07) is 48.9. The van der Waals surface area contributed by atoms with Crippen molar-refractivity contribution in [2.45, 2.75) is 36.2 Å². The third-order valence-corrected chi connectivity index (χ3v) is 20.9. The number of benzene rings is 5. The van der Waals surface area contributed by atoms with E-state index < -0.39 is 33.6 Å². The minimum absolute atomic E-state index is 0. The van der Waals surface area contributed by atoms with Crippen molar-refractivity contribution in [1.29, 1.82) is 0 Å². The maximum absolute atomic E-state index is 12.9. The lowest BCUT2D eigenvalue weighted by atomic mass is 10.2. The summed E-state index contributed by atoms with van der Waals surface area (Å²) >= 11 is 12.6. The molecule has 19 heteroatoms. The minimum Gasteiger partial charge on any atom is -1.00 e. The zero-order valence-electron chi connectivity index (χ0n) is 40.5. The number of halogens is 3. The Morgan fingerprint density at radius 2 is 0.947 bits per heavy atom. The molecule has 4 aromatic heterocycles.